The van der Waals surface area contributed by atoms with E-state index >= 15 is 0 Å². The summed E-state index contributed by atoms with van der Waals surface area (Å²) in [5, 5.41) is 9.22. The van der Waals surface area contributed by atoms with E-state index in [1.807, 2.05) is 16.7 Å². The number of alkyl halides is 1. The van der Waals surface area contributed by atoms with Gasteiger partial charge in [-0.3, -0.25) is 14.4 Å². The maximum Gasteiger partial charge on any atom is 0.247 e. The molecule has 214 valence electrons. The molecule has 3 aliphatic heterocycles. The molecule has 1 spiro atoms. The number of amides is 3. The van der Waals surface area contributed by atoms with Crippen molar-refractivity contribution in [1.29, 1.82) is 0 Å². The van der Waals surface area contributed by atoms with E-state index in [-0.39, 0.29) is 40.4 Å². The Kier molecular flexibility index (Phi) is 11.4. The van der Waals surface area contributed by atoms with Crippen LogP contribution in [-0.4, -0.2) is 97.2 Å². The second kappa shape index (κ2) is 13.8. The molecule has 38 heavy (non-hydrogen) atoms. The molecule has 0 radical (unpaired) electrons. The monoisotopic (exact) mass is 611 g/mol. The molecule has 3 saturated heterocycles. The predicted molar refractivity (Wildman–Crippen MR) is 158 cm³/mol. The van der Waals surface area contributed by atoms with Crippen molar-refractivity contribution in [3.05, 3.63) is 25.3 Å². The van der Waals surface area contributed by atoms with Crippen LogP contribution in [0.25, 0.3) is 0 Å². The van der Waals surface area contributed by atoms with E-state index in [0.717, 1.165) is 25.7 Å². The number of carbonyl (C=O) groups is 3. The summed E-state index contributed by atoms with van der Waals surface area (Å²) >= 11 is 5.56. The zero-order valence-corrected chi connectivity index (χ0v) is 25.7. The van der Waals surface area contributed by atoms with Gasteiger partial charge in [0, 0.05) is 48.9 Å². The highest BCUT2D eigenvalue weighted by Gasteiger charge is 2.76. The van der Waals surface area contributed by atoms with Crippen molar-refractivity contribution in [1.82, 2.24) is 14.7 Å². The number of hydrogen-bond acceptors (Lipinski definition) is 5. The Morgan fingerprint density at radius 2 is 1.89 bits per heavy atom. The molecule has 3 fully saturated rings. The van der Waals surface area contributed by atoms with E-state index in [1.165, 1.54) is 0 Å². The van der Waals surface area contributed by atoms with Crippen molar-refractivity contribution in [2.75, 3.05) is 32.8 Å². The number of likely N-dealkylation sites (tertiary alicyclic amines) is 1. The first-order chi connectivity index (χ1) is 18.2. The van der Waals surface area contributed by atoms with E-state index in [4.69, 9.17) is 0 Å². The van der Waals surface area contributed by atoms with Crippen LogP contribution in [0.2, 0.25) is 0 Å². The third-order valence-electron chi connectivity index (χ3n) is 8.37. The molecule has 1 N–H and O–H groups in total. The Labute approximate surface area is 241 Å². The van der Waals surface area contributed by atoms with Crippen LogP contribution in [0.15, 0.2) is 25.3 Å². The van der Waals surface area contributed by atoms with Crippen molar-refractivity contribution in [2.24, 2.45) is 11.8 Å². The Bertz CT molecular complexity index is 888. The topological polar surface area (TPSA) is 81.2 Å². The summed E-state index contributed by atoms with van der Waals surface area (Å²) < 4.78 is -0.637. The summed E-state index contributed by atoms with van der Waals surface area (Å²) in [7, 11) is 0. The molecular formula is C29H46BrN3O4S. The molecule has 3 heterocycles. The summed E-state index contributed by atoms with van der Waals surface area (Å²) in [6.07, 6.45) is 9.02. The summed E-state index contributed by atoms with van der Waals surface area (Å²) in [5.41, 5.74) is 0. The largest absolute Gasteiger partial charge is 0.396 e. The molecule has 3 rings (SSSR count). The molecule has 0 aliphatic carbocycles. The first-order valence-electron chi connectivity index (χ1n) is 14.3. The van der Waals surface area contributed by atoms with E-state index < -0.39 is 22.6 Å². The maximum absolute atomic E-state index is 14.5. The minimum absolute atomic E-state index is 0.00394. The molecule has 0 aromatic heterocycles. The minimum Gasteiger partial charge on any atom is -0.396 e. The van der Waals surface area contributed by atoms with Gasteiger partial charge in [0.2, 0.25) is 17.7 Å². The summed E-state index contributed by atoms with van der Waals surface area (Å²) in [6.45, 7) is 16.0. The number of halogens is 1. The normalized spacial score (nSPS) is 30.3. The van der Waals surface area contributed by atoms with Crippen LogP contribution in [0.1, 0.15) is 65.7 Å². The van der Waals surface area contributed by atoms with Gasteiger partial charge in [-0.1, -0.05) is 48.4 Å². The fourth-order valence-corrected chi connectivity index (χ4v) is 10.4. The highest BCUT2D eigenvalue weighted by atomic mass is 79.9. The number of fused-ring (bicyclic) bond motifs is 1. The molecule has 7 nitrogen and oxygen atoms in total. The predicted octanol–water partition coefficient (Wildman–Crippen LogP) is 4.24. The molecule has 9 heteroatoms. The number of aliphatic hydroxyl groups excluding tert-OH is 1. The maximum atomic E-state index is 14.5. The van der Waals surface area contributed by atoms with Crippen LogP contribution >= 0.6 is 27.7 Å². The number of nitrogens with zero attached hydrogens (tertiary/aromatic N) is 3. The first-order valence-corrected chi connectivity index (χ1v) is 16.1. The fraction of sp³-hybridized carbons (Fsp3) is 0.759. The number of thioether (sulfide) groups is 1. The summed E-state index contributed by atoms with van der Waals surface area (Å²) in [4.78, 5) is 48.3. The Hall–Kier alpha value is -1.32. The van der Waals surface area contributed by atoms with Gasteiger partial charge in [-0.05, 0) is 45.4 Å². The molecule has 3 amide bonds. The highest BCUT2D eigenvalue weighted by molar-refractivity contribution is 9.09. The number of rotatable bonds is 16. The lowest BCUT2D eigenvalue weighted by Crippen LogP contribution is -2.57. The molecule has 0 aromatic rings. The second-order valence-electron chi connectivity index (χ2n) is 11.0. The lowest BCUT2D eigenvalue weighted by atomic mass is 9.70. The van der Waals surface area contributed by atoms with Gasteiger partial charge >= 0.3 is 0 Å². The van der Waals surface area contributed by atoms with Crippen LogP contribution in [-0.2, 0) is 14.4 Å². The van der Waals surface area contributed by atoms with Crippen LogP contribution in [0.5, 0.6) is 0 Å². The van der Waals surface area contributed by atoms with Gasteiger partial charge in [-0.15, -0.1) is 24.9 Å². The molecule has 7 atom stereocenters. The second-order valence-corrected chi connectivity index (χ2v) is 13.7. The molecular weight excluding hydrogens is 566 g/mol. The van der Waals surface area contributed by atoms with Gasteiger partial charge in [0.05, 0.1) is 16.6 Å². The van der Waals surface area contributed by atoms with E-state index in [2.05, 4.69) is 42.9 Å². The quantitative estimate of drug-likeness (QED) is 0.160. The standard InChI is InChI=1S/C29H46BrN3O4S/c1-6-13-20(5)32(16-9-4)28(37)25-29-19-21(30)24(38-29)22(26(35)31(14-7-2)15-8-3)23(29)27(36)33(25)17-11-10-12-18-34/h7,9,20-25,34H,2,4,6,8,10-19H2,1,3,5H3/t20?,21?,22-,23+,24-,25?,29?/m1/s1. The van der Waals surface area contributed by atoms with Gasteiger partial charge in [-0.25, -0.2) is 0 Å². The lowest BCUT2D eigenvalue weighted by molar-refractivity contribution is -0.145. The smallest absolute Gasteiger partial charge is 0.247 e. The zero-order valence-electron chi connectivity index (χ0n) is 23.3. The van der Waals surface area contributed by atoms with Gasteiger partial charge < -0.3 is 19.8 Å². The van der Waals surface area contributed by atoms with E-state index in [9.17, 15) is 19.5 Å². The molecule has 3 aliphatic rings. The SMILES string of the molecule is C=CCN(CCC)C(=O)[C@H]1[C@@H]2SC3(CC2Br)C(C(=O)N(CC=C)C(C)CCC)N(CCCCCO)C(=O)[C@H]13. The van der Waals surface area contributed by atoms with Crippen LogP contribution < -0.4 is 0 Å². The number of aliphatic hydroxyl groups is 1. The molecule has 0 aromatic carbocycles. The van der Waals surface area contributed by atoms with E-state index in [1.54, 1.807) is 28.8 Å². The van der Waals surface area contributed by atoms with Crippen molar-refractivity contribution in [3.8, 4) is 0 Å². The molecule has 0 saturated carbocycles. The van der Waals surface area contributed by atoms with Crippen molar-refractivity contribution >= 4 is 45.4 Å². The Morgan fingerprint density at radius 1 is 1.18 bits per heavy atom. The number of carbonyl (C=O) groups excluding carboxylic acids is 3. The molecule has 4 unspecified atom stereocenters. The van der Waals surface area contributed by atoms with Crippen molar-refractivity contribution in [2.45, 2.75) is 92.6 Å². The number of hydrogen-bond donors (Lipinski definition) is 1. The van der Waals surface area contributed by atoms with Crippen LogP contribution in [0, 0.1) is 11.8 Å². The van der Waals surface area contributed by atoms with Gasteiger partial charge in [0.15, 0.2) is 0 Å². The van der Waals surface area contributed by atoms with Gasteiger partial charge in [0.25, 0.3) is 0 Å². The Morgan fingerprint density at radius 3 is 2.50 bits per heavy atom. The highest BCUT2D eigenvalue weighted by Crippen LogP contribution is 2.68. The summed E-state index contributed by atoms with van der Waals surface area (Å²) in [5.74, 6) is -1.06. The van der Waals surface area contributed by atoms with Crippen molar-refractivity contribution in [3.63, 3.8) is 0 Å². The van der Waals surface area contributed by atoms with Gasteiger partial charge in [-0.2, -0.15) is 0 Å². The zero-order chi connectivity index (χ0) is 28.0. The van der Waals surface area contributed by atoms with Crippen LogP contribution in [0.4, 0.5) is 0 Å². The minimum atomic E-state index is -0.637. The number of unbranched alkanes of at least 4 members (excludes halogenated alkanes) is 2. The van der Waals surface area contributed by atoms with Crippen LogP contribution in [0.3, 0.4) is 0 Å². The van der Waals surface area contributed by atoms with Gasteiger partial charge in [0.1, 0.15) is 6.04 Å². The third-order valence-corrected chi connectivity index (χ3v) is 11.6. The average Bonchev–Trinajstić information content (AvgIpc) is 3.47. The third kappa shape index (κ3) is 5.75. The molecule has 2 bridgehead atoms. The van der Waals surface area contributed by atoms with E-state index in [0.29, 0.717) is 45.4 Å². The lowest BCUT2D eigenvalue weighted by Gasteiger charge is -2.40. The fourth-order valence-electron chi connectivity index (χ4n) is 6.79. The average molecular weight is 613 g/mol. The first kappa shape index (κ1) is 31.2. The Balaban J connectivity index is 2.04. The van der Waals surface area contributed by atoms with Crippen molar-refractivity contribution < 1.29 is 19.5 Å². The summed E-state index contributed by atoms with van der Waals surface area (Å²) in [6, 6.07) is -0.582.